The number of carbonyl (C=O) groups is 1. The molecule has 1 amide bonds. The van der Waals surface area contributed by atoms with Crippen molar-refractivity contribution in [1.29, 1.82) is 0 Å². The minimum Gasteiger partial charge on any atom is -0.493 e. The summed E-state index contributed by atoms with van der Waals surface area (Å²) in [6, 6.07) is 5.38. The van der Waals surface area contributed by atoms with E-state index < -0.39 is 0 Å². The second kappa shape index (κ2) is 6.52. The summed E-state index contributed by atoms with van der Waals surface area (Å²) in [5, 5.41) is 3.82. The molecule has 1 rings (SSSR count). The minimum atomic E-state index is -0.123. The molecule has 0 heterocycles. The maximum atomic E-state index is 11.0. The third-order valence-corrected chi connectivity index (χ3v) is 2.13. The second-order valence-corrected chi connectivity index (χ2v) is 3.26. The van der Waals surface area contributed by atoms with Gasteiger partial charge in [-0.1, -0.05) is 6.92 Å². The van der Waals surface area contributed by atoms with E-state index in [1.54, 1.807) is 39.5 Å². The largest absolute Gasteiger partial charge is 0.493 e. The number of carbonyl (C=O) groups excluding carboxylic acids is 1. The number of ether oxygens (including phenoxy) is 2. The molecule has 0 spiro atoms. The SMILES string of the molecule is CCC(=O)N/N=C\c1ccc(OC)c(OC)c1. The van der Waals surface area contributed by atoms with Gasteiger partial charge >= 0.3 is 0 Å². The van der Waals surface area contributed by atoms with Crippen molar-refractivity contribution in [1.82, 2.24) is 5.43 Å². The summed E-state index contributed by atoms with van der Waals surface area (Å²) in [7, 11) is 3.14. The van der Waals surface area contributed by atoms with E-state index in [2.05, 4.69) is 10.5 Å². The van der Waals surface area contributed by atoms with E-state index in [1.165, 1.54) is 0 Å². The van der Waals surface area contributed by atoms with Crippen molar-refractivity contribution in [2.45, 2.75) is 13.3 Å². The van der Waals surface area contributed by atoms with E-state index in [4.69, 9.17) is 9.47 Å². The average molecular weight is 236 g/mol. The molecule has 92 valence electrons. The summed E-state index contributed by atoms with van der Waals surface area (Å²) in [5.74, 6) is 1.15. The maximum absolute atomic E-state index is 11.0. The number of hydrogen-bond donors (Lipinski definition) is 1. The summed E-state index contributed by atoms with van der Waals surface area (Å²) in [6.45, 7) is 1.77. The maximum Gasteiger partial charge on any atom is 0.239 e. The second-order valence-electron chi connectivity index (χ2n) is 3.26. The van der Waals surface area contributed by atoms with Crippen LogP contribution in [0.3, 0.4) is 0 Å². The third kappa shape index (κ3) is 3.79. The van der Waals surface area contributed by atoms with Crippen LogP contribution in [0.2, 0.25) is 0 Å². The molecule has 1 aromatic rings. The Morgan fingerprint density at radius 3 is 2.65 bits per heavy atom. The summed E-state index contributed by atoms with van der Waals surface area (Å²) in [5.41, 5.74) is 3.22. The first-order valence-corrected chi connectivity index (χ1v) is 5.25. The fourth-order valence-corrected chi connectivity index (χ4v) is 1.19. The highest BCUT2D eigenvalue weighted by atomic mass is 16.5. The monoisotopic (exact) mass is 236 g/mol. The molecular weight excluding hydrogens is 220 g/mol. The van der Waals surface area contributed by atoms with Crippen LogP contribution in [0.5, 0.6) is 11.5 Å². The highest BCUT2D eigenvalue weighted by Crippen LogP contribution is 2.26. The van der Waals surface area contributed by atoms with E-state index in [9.17, 15) is 4.79 Å². The standard InChI is InChI=1S/C12H16N2O3/c1-4-12(15)14-13-8-9-5-6-10(16-2)11(7-9)17-3/h5-8H,4H2,1-3H3,(H,14,15)/b13-8-. The van der Waals surface area contributed by atoms with Gasteiger partial charge in [-0.05, 0) is 23.8 Å². The van der Waals surface area contributed by atoms with E-state index in [-0.39, 0.29) is 5.91 Å². The highest BCUT2D eigenvalue weighted by Gasteiger charge is 2.02. The Hall–Kier alpha value is -2.04. The number of hydrogen-bond acceptors (Lipinski definition) is 4. The highest BCUT2D eigenvalue weighted by molar-refractivity contribution is 5.83. The molecular formula is C12H16N2O3. The topological polar surface area (TPSA) is 59.9 Å². The molecule has 0 saturated heterocycles. The Morgan fingerprint density at radius 2 is 2.06 bits per heavy atom. The molecule has 17 heavy (non-hydrogen) atoms. The number of nitrogens with zero attached hydrogens (tertiary/aromatic N) is 1. The normalized spacial score (nSPS) is 10.3. The predicted octanol–water partition coefficient (Wildman–Crippen LogP) is 1.56. The smallest absolute Gasteiger partial charge is 0.239 e. The Balaban J connectivity index is 2.75. The number of amides is 1. The number of rotatable bonds is 5. The average Bonchev–Trinajstić information content (AvgIpc) is 2.38. The van der Waals surface area contributed by atoms with E-state index >= 15 is 0 Å². The Labute approximate surface area is 100 Å². The lowest BCUT2D eigenvalue weighted by atomic mass is 10.2. The zero-order chi connectivity index (χ0) is 12.7. The van der Waals surface area contributed by atoms with Gasteiger partial charge < -0.3 is 9.47 Å². The molecule has 1 N–H and O–H groups in total. The molecule has 0 aliphatic heterocycles. The van der Waals surface area contributed by atoms with Gasteiger partial charge in [-0.3, -0.25) is 4.79 Å². The summed E-state index contributed by atoms with van der Waals surface area (Å²) < 4.78 is 10.3. The van der Waals surface area contributed by atoms with Crippen LogP contribution in [0.25, 0.3) is 0 Å². The van der Waals surface area contributed by atoms with Gasteiger partial charge in [0.15, 0.2) is 11.5 Å². The number of benzene rings is 1. The molecule has 5 nitrogen and oxygen atoms in total. The third-order valence-electron chi connectivity index (χ3n) is 2.13. The molecule has 1 aromatic carbocycles. The van der Waals surface area contributed by atoms with Crippen LogP contribution in [-0.4, -0.2) is 26.3 Å². The van der Waals surface area contributed by atoms with E-state index in [1.807, 2.05) is 6.07 Å². The van der Waals surface area contributed by atoms with Gasteiger partial charge in [-0.2, -0.15) is 5.10 Å². The van der Waals surface area contributed by atoms with Crippen LogP contribution >= 0.6 is 0 Å². The van der Waals surface area contributed by atoms with Crippen molar-refractivity contribution in [3.8, 4) is 11.5 Å². The first kappa shape index (κ1) is 13.0. The number of nitrogens with one attached hydrogen (secondary N) is 1. The molecule has 0 bridgehead atoms. The van der Waals surface area contributed by atoms with Crippen LogP contribution in [0.4, 0.5) is 0 Å². The van der Waals surface area contributed by atoms with Crippen molar-refractivity contribution < 1.29 is 14.3 Å². The first-order chi connectivity index (χ1) is 8.21. The van der Waals surface area contributed by atoms with Crippen molar-refractivity contribution in [2.24, 2.45) is 5.10 Å². The van der Waals surface area contributed by atoms with Gasteiger partial charge in [0.05, 0.1) is 20.4 Å². The van der Waals surface area contributed by atoms with Crippen LogP contribution in [0.1, 0.15) is 18.9 Å². The fraction of sp³-hybridized carbons (Fsp3) is 0.333. The Morgan fingerprint density at radius 1 is 1.35 bits per heavy atom. The van der Waals surface area contributed by atoms with Gasteiger partial charge in [-0.15, -0.1) is 0 Å². The van der Waals surface area contributed by atoms with Crippen molar-refractivity contribution in [2.75, 3.05) is 14.2 Å². The van der Waals surface area contributed by atoms with E-state index in [0.717, 1.165) is 5.56 Å². The summed E-state index contributed by atoms with van der Waals surface area (Å²) in [4.78, 5) is 11.0. The molecule has 0 radical (unpaired) electrons. The van der Waals surface area contributed by atoms with Gasteiger partial charge in [0, 0.05) is 6.42 Å². The van der Waals surface area contributed by atoms with Crippen molar-refractivity contribution >= 4 is 12.1 Å². The summed E-state index contributed by atoms with van der Waals surface area (Å²) in [6.07, 6.45) is 1.96. The zero-order valence-corrected chi connectivity index (χ0v) is 10.2. The Kier molecular flexibility index (Phi) is 5.00. The fourth-order valence-electron chi connectivity index (χ4n) is 1.19. The Bertz CT molecular complexity index is 416. The van der Waals surface area contributed by atoms with Gasteiger partial charge in [0.1, 0.15) is 0 Å². The summed E-state index contributed by atoms with van der Waals surface area (Å²) >= 11 is 0. The molecule has 5 heteroatoms. The molecule has 0 aliphatic carbocycles. The lowest BCUT2D eigenvalue weighted by Gasteiger charge is -2.07. The van der Waals surface area contributed by atoms with Crippen LogP contribution in [0, 0.1) is 0 Å². The minimum absolute atomic E-state index is 0.123. The number of hydrazone groups is 1. The van der Waals surface area contributed by atoms with Crippen molar-refractivity contribution in [3.05, 3.63) is 23.8 Å². The quantitative estimate of drug-likeness (QED) is 0.623. The molecule has 0 saturated carbocycles. The van der Waals surface area contributed by atoms with Gasteiger partial charge in [0.2, 0.25) is 5.91 Å². The van der Waals surface area contributed by atoms with Crippen molar-refractivity contribution in [3.63, 3.8) is 0 Å². The zero-order valence-electron chi connectivity index (χ0n) is 10.2. The lowest BCUT2D eigenvalue weighted by molar-refractivity contribution is -0.120. The molecule has 0 aliphatic rings. The van der Waals surface area contributed by atoms with Gasteiger partial charge in [-0.25, -0.2) is 5.43 Å². The number of methoxy groups -OCH3 is 2. The molecule has 0 atom stereocenters. The molecule has 0 fully saturated rings. The molecule has 0 aromatic heterocycles. The molecule has 0 unspecified atom stereocenters. The lowest BCUT2D eigenvalue weighted by Crippen LogP contribution is -2.15. The predicted molar refractivity (Wildman–Crippen MR) is 65.6 cm³/mol. The van der Waals surface area contributed by atoms with E-state index in [0.29, 0.717) is 17.9 Å². The first-order valence-electron chi connectivity index (χ1n) is 5.25. The van der Waals surface area contributed by atoms with Crippen LogP contribution in [0.15, 0.2) is 23.3 Å². The van der Waals surface area contributed by atoms with Crippen LogP contribution in [-0.2, 0) is 4.79 Å². The van der Waals surface area contributed by atoms with Gasteiger partial charge in [0.25, 0.3) is 0 Å². The van der Waals surface area contributed by atoms with Crippen LogP contribution < -0.4 is 14.9 Å².